The topological polar surface area (TPSA) is 49.4 Å². The second-order valence-electron chi connectivity index (χ2n) is 6.67. The molecule has 1 fully saturated rings. The molecule has 2 atom stereocenters. The minimum Gasteiger partial charge on any atom is -0.342 e. The predicted octanol–water partition coefficient (Wildman–Crippen LogP) is 2.51. The molecule has 1 saturated heterocycles. The zero-order valence-electron chi connectivity index (χ0n) is 13.2. The van der Waals surface area contributed by atoms with E-state index in [0.29, 0.717) is 0 Å². The molecule has 114 valence electrons. The number of piperazine rings is 1. The third-order valence-electron chi connectivity index (χ3n) is 3.96. The van der Waals surface area contributed by atoms with Gasteiger partial charge in [-0.2, -0.15) is 0 Å². The van der Waals surface area contributed by atoms with Crippen molar-refractivity contribution in [3.05, 3.63) is 35.9 Å². The number of rotatable bonds is 3. The average molecular weight is 288 g/mol. The van der Waals surface area contributed by atoms with Crippen LogP contribution in [0.5, 0.6) is 0 Å². The highest BCUT2D eigenvalue weighted by molar-refractivity contribution is 5.95. The van der Waals surface area contributed by atoms with Gasteiger partial charge in [-0.1, -0.05) is 58.0 Å². The molecule has 1 aromatic rings. The second kappa shape index (κ2) is 5.88. The van der Waals surface area contributed by atoms with Gasteiger partial charge in [0.2, 0.25) is 11.8 Å². The number of carbonyl (C=O) groups is 2. The van der Waals surface area contributed by atoms with Crippen LogP contribution in [0.2, 0.25) is 0 Å². The monoisotopic (exact) mass is 288 g/mol. The van der Waals surface area contributed by atoms with Crippen LogP contribution < -0.4 is 5.32 Å². The van der Waals surface area contributed by atoms with E-state index < -0.39 is 6.04 Å². The zero-order chi connectivity index (χ0) is 15.6. The van der Waals surface area contributed by atoms with Gasteiger partial charge < -0.3 is 10.2 Å². The van der Waals surface area contributed by atoms with Crippen molar-refractivity contribution in [3.8, 4) is 0 Å². The van der Waals surface area contributed by atoms with Gasteiger partial charge in [-0.15, -0.1) is 0 Å². The maximum absolute atomic E-state index is 12.8. The first-order valence-electron chi connectivity index (χ1n) is 7.49. The summed E-state index contributed by atoms with van der Waals surface area (Å²) < 4.78 is 0. The molecule has 0 aliphatic carbocycles. The van der Waals surface area contributed by atoms with Crippen molar-refractivity contribution in [2.24, 2.45) is 5.41 Å². The Balaban J connectivity index is 2.32. The molecule has 21 heavy (non-hydrogen) atoms. The van der Waals surface area contributed by atoms with Crippen LogP contribution in [0.1, 0.15) is 45.7 Å². The van der Waals surface area contributed by atoms with Crippen molar-refractivity contribution in [1.82, 2.24) is 10.2 Å². The highest BCUT2D eigenvalue weighted by Gasteiger charge is 2.42. The number of hydrogen-bond acceptors (Lipinski definition) is 2. The van der Waals surface area contributed by atoms with Gasteiger partial charge in [0.05, 0.1) is 6.04 Å². The Labute approximate surface area is 126 Å². The molecule has 0 radical (unpaired) electrons. The lowest BCUT2D eigenvalue weighted by Crippen LogP contribution is -2.62. The highest BCUT2D eigenvalue weighted by Crippen LogP contribution is 2.30. The van der Waals surface area contributed by atoms with Crippen LogP contribution >= 0.6 is 0 Å². The first-order valence-corrected chi connectivity index (χ1v) is 7.49. The number of amides is 2. The van der Waals surface area contributed by atoms with Gasteiger partial charge in [-0.3, -0.25) is 9.59 Å². The molecule has 0 saturated carbocycles. The molecule has 1 aromatic carbocycles. The van der Waals surface area contributed by atoms with Gasteiger partial charge in [0.15, 0.2) is 0 Å². The van der Waals surface area contributed by atoms with Crippen LogP contribution in [0.3, 0.4) is 0 Å². The predicted molar refractivity (Wildman–Crippen MR) is 82.6 cm³/mol. The quantitative estimate of drug-likeness (QED) is 0.929. The molecular formula is C17H24N2O2. The third-order valence-corrected chi connectivity index (χ3v) is 3.96. The molecule has 1 aliphatic rings. The minimum absolute atomic E-state index is 0.0119. The van der Waals surface area contributed by atoms with Crippen LogP contribution in [0.4, 0.5) is 0 Å². The third kappa shape index (κ3) is 3.26. The maximum atomic E-state index is 12.8. The first-order chi connectivity index (χ1) is 9.84. The van der Waals surface area contributed by atoms with Gasteiger partial charge in [0, 0.05) is 0 Å². The van der Waals surface area contributed by atoms with Crippen molar-refractivity contribution in [3.63, 3.8) is 0 Å². The van der Waals surface area contributed by atoms with Crippen LogP contribution in [0.15, 0.2) is 30.3 Å². The Morgan fingerprint density at radius 1 is 1.24 bits per heavy atom. The van der Waals surface area contributed by atoms with Crippen LogP contribution in [0.25, 0.3) is 0 Å². The van der Waals surface area contributed by atoms with Gasteiger partial charge >= 0.3 is 0 Å². The van der Waals surface area contributed by atoms with Crippen LogP contribution in [0, 0.1) is 5.41 Å². The van der Waals surface area contributed by atoms with E-state index >= 15 is 0 Å². The molecule has 1 aliphatic heterocycles. The van der Waals surface area contributed by atoms with E-state index in [9.17, 15) is 9.59 Å². The summed E-state index contributed by atoms with van der Waals surface area (Å²) in [6.07, 6.45) is 0.792. The molecule has 2 unspecified atom stereocenters. The van der Waals surface area contributed by atoms with Crippen molar-refractivity contribution in [2.45, 2.75) is 46.2 Å². The van der Waals surface area contributed by atoms with E-state index in [2.05, 4.69) is 5.32 Å². The smallest absolute Gasteiger partial charge is 0.246 e. The van der Waals surface area contributed by atoms with Crippen molar-refractivity contribution < 1.29 is 9.59 Å². The van der Waals surface area contributed by atoms with E-state index in [-0.39, 0.29) is 29.8 Å². The first kappa shape index (κ1) is 15.5. The summed E-state index contributed by atoms with van der Waals surface area (Å²) in [4.78, 5) is 26.6. The molecule has 2 amide bonds. The Bertz CT molecular complexity index is 519. The van der Waals surface area contributed by atoms with Gasteiger partial charge in [-0.05, 0) is 17.4 Å². The molecule has 0 spiro atoms. The lowest BCUT2D eigenvalue weighted by molar-refractivity contribution is -0.150. The summed E-state index contributed by atoms with van der Waals surface area (Å²) in [6.45, 7) is 8.11. The summed E-state index contributed by atoms with van der Waals surface area (Å²) in [7, 11) is 0. The number of nitrogens with zero attached hydrogens (tertiary/aromatic N) is 1. The molecule has 2 rings (SSSR count). The fraction of sp³-hybridized carbons (Fsp3) is 0.529. The number of benzene rings is 1. The van der Waals surface area contributed by atoms with E-state index in [0.717, 1.165) is 12.0 Å². The molecule has 0 aromatic heterocycles. The fourth-order valence-corrected chi connectivity index (χ4v) is 2.83. The minimum atomic E-state index is -0.462. The Hall–Kier alpha value is -1.84. The standard InChI is InChI=1S/C17H24N2O2/c1-5-13(12-9-7-6-8-10-12)19-11-14(20)18-15(16(19)21)17(2,3)4/h6-10,13,15H,5,11H2,1-4H3,(H,18,20). The fourth-order valence-electron chi connectivity index (χ4n) is 2.83. The summed E-state index contributed by atoms with van der Waals surface area (Å²) in [5, 5.41) is 2.84. The summed E-state index contributed by atoms with van der Waals surface area (Å²) >= 11 is 0. The summed E-state index contributed by atoms with van der Waals surface area (Å²) in [6, 6.07) is 9.41. The van der Waals surface area contributed by atoms with E-state index in [1.807, 2.05) is 58.0 Å². The second-order valence-corrected chi connectivity index (χ2v) is 6.67. The van der Waals surface area contributed by atoms with Crippen molar-refractivity contribution in [2.75, 3.05) is 6.54 Å². The summed E-state index contributed by atoms with van der Waals surface area (Å²) in [5.74, 6) is -0.0679. The molecule has 0 bridgehead atoms. The van der Waals surface area contributed by atoms with Gasteiger partial charge in [0.25, 0.3) is 0 Å². The van der Waals surface area contributed by atoms with Crippen molar-refractivity contribution in [1.29, 1.82) is 0 Å². The Kier molecular flexibility index (Phi) is 4.35. The Morgan fingerprint density at radius 3 is 2.38 bits per heavy atom. The van der Waals surface area contributed by atoms with Crippen molar-refractivity contribution >= 4 is 11.8 Å². The lowest BCUT2D eigenvalue weighted by atomic mass is 9.84. The zero-order valence-corrected chi connectivity index (χ0v) is 13.2. The van der Waals surface area contributed by atoms with E-state index in [4.69, 9.17) is 0 Å². The largest absolute Gasteiger partial charge is 0.342 e. The molecule has 1 heterocycles. The molecule has 4 nitrogen and oxygen atoms in total. The average Bonchev–Trinajstić information content (AvgIpc) is 2.43. The van der Waals surface area contributed by atoms with E-state index in [1.165, 1.54) is 0 Å². The summed E-state index contributed by atoms with van der Waals surface area (Å²) in [5.41, 5.74) is 0.788. The molecule has 1 N–H and O–H groups in total. The van der Waals surface area contributed by atoms with E-state index in [1.54, 1.807) is 4.90 Å². The highest BCUT2D eigenvalue weighted by atomic mass is 16.2. The normalized spacial score (nSPS) is 21.1. The molecular weight excluding hydrogens is 264 g/mol. The van der Waals surface area contributed by atoms with Gasteiger partial charge in [0.1, 0.15) is 12.6 Å². The number of hydrogen-bond donors (Lipinski definition) is 1. The maximum Gasteiger partial charge on any atom is 0.246 e. The SMILES string of the molecule is CCC(c1ccccc1)N1CC(=O)NC(C(C)(C)C)C1=O. The number of nitrogens with one attached hydrogen (secondary N) is 1. The number of carbonyl (C=O) groups excluding carboxylic acids is 2. The van der Waals surface area contributed by atoms with Crippen LogP contribution in [-0.4, -0.2) is 29.3 Å². The lowest BCUT2D eigenvalue weighted by Gasteiger charge is -2.42. The Morgan fingerprint density at radius 2 is 1.86 bits per heavy atom. The van der Waals surface area contributed by atoms with Gasteiger partial charge in [-0.25, -0.2) is 0 Å². The van der Waals surface area contributed by atoms with Crippen LogP contribution in [-0.2, 0) is 9.59 Å². The molecule has 4 heteroatoms.